The molecular weight excluding hydrogens is 238 g/mol. The van der Waals surface area contributed by atoms with Crippen LogP contribution in [0.4, 0.5) is 5.69 Å². The van der Waals surface area contributed by atoms with E-state index in [1.54, 1.807) is 0 Å². The zero-order valence-corrected chi connectivity index (χ0v) is 8.51. The van der Waals surface area contributed by atoms with E-state index in [1.807, 2.05) is 5.09 Å². The average Bonchev–Trinajstić information content (AvgIpc) is 1.94. The van der Waals surface area contributed by atoms with Gasteiger partial charge in [-0.2, -0.15) is 0 Å². The summed E-state index contributed by atoms with van der Waals surface area (Å²) in [7, 11) is -4.37. The van der Waals surface area contributed by atoms with Gasteiger partial charge in [0.05, 0.1) is 10.7 Å². The fourth-order valence-corrected chi connectivity index (χ4v) is 1.52. The van der Waals surface area contributed by atoms with Gasteiger partial charge in [-0.1, -0.05) is 23.2 Å². The molecule has 0 atom stereocenters. The molecule has 0 spiro atoms. The number of halogens is 2. The first-order valence-corrected chi connectivity index (χ1v) is 5.40. The highest BCUT2D eigenvalue weighted by Crippen LogP contribution is 2.38. The summed E-state index contributed by atoms with van der Waals surface area (Å²) in [5.41, 5.74) is 0.00231. The van der Waals surface area contributed by atoms with Crippen LogP contribution in [-0.2, 0) is 4.57 Å². The van der Waals surface area contributed by atoms with Crippen molar-refractivity contribution < 1.29 is 14.4 Å². The summed E-state index contributed by atoms with van der Waals surface area (Å²) in [5.74, 6) is 0. The fourth-order valence-electron chi connectivity index (χ4n) is 0.658. The van der Waals surface area contributed by atoms with Crippen LogP contribution >= 0.6 is 30.9 Å². The maximum Gasteiger partial charge on any atom is 0.427 e. The molecule has 13 heavy (non-hydrogen) atoms. The highest BCUT2D eigenvalue weighted by Gasteiger charge is 2.15. The molecule has 5 nitrogen and oxygen atoms in total. The summed E-state index contributed by atoms with van der Waals surface area (Å²) in [6.07, 6.45) is 1.27. The van der Waals surface area contributed by atoms with Crippen molar-refractivity contribution in [3.8, 4) is 0 Å². The first-order chi connectivity index (χ1) is 5.88. The molecule has 0 fully saturated rings. The third kappa shape index (κ3) is 3.50. The largest absolute Gasteiger partial charge is 0.427 e. The zero-order chi connectivity index (χ0) is 10.1. The summed E-state index contributed by atoms with van der Waals surface area (Å²) in [6.45, 7) is 0. The molecule has 8 heteroatoms. The molecule has 1 rings (SSSR count). The average molecular weight is 243 g/mol. The number of nitrogens with zero attached hydrogens (tertiary/aromatic N) is 1. The van der Waals surface area contributed by atoms with Gasteiger partial charge in [-0.15, -0.1) is 0 Å². The Hall–Kier alpha value is -0.320. The molecular formula is C5H5Cl2N2O3P. The van der Waals surface area contributed by atoms with E-state index in [1.165, 1.54) is 12.3 Å². The first kappa shape index (κ1) is 10.8. The molecule has 1 aromatic heterocycles. The van der Waals surface area contributed by atoms with Crippen LogP contribution < -0.4 is 5.09 Å². The van der Waals surface area contributed by atoms with Crippen LogP contribution in [0.1, 0.15) is 0 Å². The van der Waals surface area contributed by atoms with Crippen LogP contribution in [0.5, 0.6) is 0 Å². The summed E-state index contributed by atoms with van der Waals surface area (Å²) >= 11 is 11.1. The van der Waals surface area contributed by atoms with E-state index in [4.69, 9.17) is 33.0 Å². The third-order valence-corrected chi connectivity index (χ3v) is 2.11. The van der Waals surface area contributed by atoms with Gasteiger partial charge in [0.1, 0.15) is 0 Å². The van der Waals surface area contributed by atoms with Crippen molar-refractivity contribution in [3.05, 3.63) is 22.4 Å². The topological polar surface area (TPSA) is 82.5 Å². The fraction of sp³-hybridized carbons (Fsp3) is 0. The number of hydrogen-bond donors (Lipinski definition) is 3. The van der Waals surface area contributed by atoms with E-state index >= 15 is 0 Å². The van der Waals surface area contributed by atoms with Crippen molar-refractivity contribution in [2.24, 2.45) is 0 Å². The smallest absolute Gasteiger partial charge is 0.308 e. The molecule has 0 bridgehead atoms. The van der Waals surface area contributed by atoms with Crippen LogP contribution in [0, 0.1) is 0 Å². The SMILES string of the molecule is O=P(O)(O)Nc1cc(Cl)cnc1Cl. The van der Waals surface area contributed by atoms with Crippen molar-refractivity contribution >= 4 is 36.6 Å². The van der Waals surface area contributed by atoms with Gasteiger partial charge in [0, 0.05) is 6.20 Å². The molecule has 1 heterocycles. The number of rotatable bonds is 2. The van der Waals surface area contributed by atoms with Gasteiger partial charge in [-0.05, 0) is 6.07 Å². The Morgan fingerprint density at radius 1 is 1.46 bits per heavy atom. The number of pyridine rings is 1. The Morgan fingerprint density at radius 3 is 2.62 bits per heavy atom. The second kappa shape index (κ2) is 3.82. The normalized spacial score (nSPS) is 11.4. The van der Waals surface area contributed by atoms with E-state index in [9.17, 15) is 4.57 Å². The predicted molar refractivity (Wildman–Crippen MR) is 49.9 cm³/mol. The molecule has 0 saturated heterocycles. The minimum absolute atomic E-state index is 0.00231. The molecule has 0 saturated carbocycles. The summed E-state index contributed by atoms with van der Waals surface area (Å²) < 4.78 is 10.5. The van der Waals surface area contributed by atoms with Gasteiger partial charge in [-0.25, -0.2) is 9.55 Å². The van der Waals surface area contributed by atoms with Gasteiger partial charge < -0.3 is 9.79 Å². The van der Waals surface area contributed by atoms with Gasteiger partial charge >= 0.3 is 7.75 Å². The number of nitrogens with one attached hydrogen (secondary N) is 1. The van der Waals surface area contributed by atoms with Gasteiger partial charge in [0.2, 0.25) is 0 Å². The summed E-state index contributed by atoms with van der Waals surface area (Å²) in [4.78, 5) is 20.7. The van der Waals surface area contributed by atoms with Crippen LogP contribution in [0.15, 0.2) is 12.3 Å². The minimum atomic E-state index is -4.37. The quantitative estimate of drug-likeness (QED) is 0.545. The van der Waals surface area contributed by atoms with Crippen LogP contribution in [0.3, 0.4) is 0 Å². The van der Waals surface area contributed by atoms with Crippen molar-refractivity contribution in [3.63, 3.8) is 0 Å². The highest BCUT2D eigenvalue weighted by atomic mass is 35.5. The lowest BCUT2D eigenvalue weighted by Crippen LogP contribution is -1.96. The molecule has 72 valence electrons. The van der Waals surface area contributed by atoms with Crippen molar-refractivity contribution in [1.82, 2.24) is 4.98 Å². The Kier molecular flexibility index (Phi) is 3.16. The maximum atomic E-state index is 10.5. The molecule has 0 aromatic carbocycles. The standard InChI is InChI=1S/C5H5Cl2N2O3P/c6-3-1-4(5(7)8-2-3)9-13(10,11)12/h1-2H,(H3,9,10,11,12). The second-order valence-corrected chi connectivity index (χ2v) is 4.25. The lowest BCUT2D eigenvalue weighted by atomic mass is 10.4. The third-order valence-electron chi connectivity index (χ3n) is 1.07. The molecule has 0 radical (unpaired) electrons. The molecule has 0 unspecified atom stereocenters. The van der Waals surface area contributed by atoms with E-state index in [2.05, 4.69) is 4.98 Å². The highest BCUT2D eigenvalue weighted by molar-refractivity contribution is 7.53. The van der Waals surface area contributed by atoms with E-state index in [0.717, 1.165) is 0 Å². The molecule has 3 N–H and O–H groups in total. The van der Waals surface area contributed by atoms with Gasteiger partial charge in [-0.3, -0.25) is 5.09 Å². The van der Waals surface area contributed by atoms with Crippen molar-refractivity contribution in [1.29, 1.82) is 0 Å². The predicted octanol–water partition coefficient (Wildman–Crippen LogP) is 1.89. The van der Waals surface area contributed by atoms with Crippen LogP contribution in [0.2, 0.25) is 10.2 Å². The number of anilines is 1. The Labute approximate surface area is 83.9 Å². The Balaban J connectivity index is 3.01. The monoisotopic (exact) mass is 242 g/mol. The van der Waals surface area contributed by atoms with Crippen molar-refractivity contribution in [2.45, 2.75) is 0 Å². The molecule has 0 aliphatic heterocycles. The van der Waals surface area contributed by atoms with Crippen molar-refractivity contribution in [2.75, 3.05) is 5.09 Å². The lowest BCUT2D eigenvalue weighted by molar-refractivity contribution is 0.380. The lowest BCUT2D eigenvalue weighted by Gasteiger charge is -2.08. The number of hydrogen-bond acceptors (Lipinski definition) is 2. The van der Waals surface area contributed by atoms with E-state index < -0.39 is 7.75 Å². The summed E-state index contributed by atoms with van der Waals surface area (Å²) in [6, 6.07) is 1.27. The van der Waals surface area contributed by atoms with Crippen LogP contribution in [0.25, 0.3) is 0 Å². The first-order valence-electron chi connectivity index (χ1n) is 3.03. The number of aromatic nitrogens is 1. The molecule has 1 aromatic rings. The second-order valence-electron chi connectivity index (χ2n) is 2.15. The molecule has 0 amide bonds. The molecule has 0 aliphatic carbocycles. The Morgan fingerprint density at radius 2 is 2.08 bits per heavy atom. The van der Waals surface area contributed by atoms with Crippen LogP contribution in [-0.4, -0.2) is 14.8 Å². The van der Waals surface area contributed by atoms with E-state index in [0.29, 0.717) is 0 Å². The summed E-state index contributed by atoms with van der Waals surface area (Å²) in [5, 5.41) is 2.07. The van der Waals surface area contributed by atoms with Gasteiger partial charge in [0.25, 0.3) is 0 Å². The maximum absolute atomic E-state index is 10.5. The minimum Gasteiger partial charge on any atom is -0.308 e. The molecule has 0 aliphatic rings. The zero-order valence-electron chi connectivity index (χ0n) is 6.11. The van der Waals surface area contributed by atoms with E-state index in [-0.39, 0.29) is 15.9 Å². The Bertz CT molecular complexity index is 367. The van der Waals surface area contributed by atoms with Gasteiger partial charge in [0.15, 0.2) is 5.15 Å².